The van der Waals surface area contributed by atoms with E-state index >= 15 is 0 Å². The Hall–Kier alpha value is -2.13. The molecule has 0 atom stereocenters. The molecular formula is C14H13BrN2O5S. The van der Waals surface area contributed by atoms with Crippen molar-refractivity contribution in [1.82, 2.24) is 4.98 Å². The molecule has 0 aliphatic heterocycles. The van der Waals surface area contributed by atoms with Crippen LogP contribution < -0.4 is 9.04 Å². The fourth-order valence-corrected chi connectivity index (χ4v) is 2.93. The van der Waals surface area contributed by atoms with Gasteiger partial charge in [-0.2, -0.15) is 0 Å². The van der Waals surface area contributed by atoms with Gasteiger partial charge >= 0.3 is 5.97 Å². The number of hydrogen-bond donors (Lipinski definition) is 1. The molecule has 0 amide bonds. The highest BCUT2D eigenvalue weighted by Gasteiger charge is 2.19. The fourth-order valence-electron chi connectivity index (χ4n) is 1.94. The van der Waals surface area contributed by atoms with Gasteiger partial charge in [0.25, 0.3) is 0 Å². The maximum atomic E-state index is 11.7. The van der Waals surface area contributed by atoms with Crippen LogP contribution >= 0.6 is 15.9 Å². The maximum absolute atomic E-state index is 11.7. The van der Waals surface area contributed by atoms with Gasteiger partial charge in [-0.1, -0.05) is 0 Å². The Morgan fingerprint density at radius 3 is 2.52 bits per heavy atom. The van der Waals surface area contributed by atoms with Crippen LogP contribution in [-0.2, 0) is 15.6 Å². The lowest BCUT2D eigenvalue weighted by Crippen LogP contribution is -2.16. The van der Waals surface area contributed by atoms with Gasteiger partial charge in [0, 0.05) is 10.7 Å². The van der Waals surface area contributed by atoms with Crippen molar-refractivity contribution >= 4 is 44.2 Å². The smallest absolute Gasteiger partial charge is 0.337 e. The van der Waals surface area contributed by atoms with E-state index in [4.69, 9.17) is 4.74 Å². The van der Waals surface area contributed by atoms with Crippen LogP contribution in [0.1, 0.15) is 10.4 Å². The molecule has 0 radical (unpaired) electrons. The second-order valence-electron chi connectivity index (χ2n) is 4.29. The molecule has 7 nitrogen and oxygen atoms in total. The van der Waals surface area contributed by atoms with Crippen molar-refractivity contribution < 1.29 is 22.7 Å². The van der Waals surface area contributed by atoms with Crippen LogP contribution in [0.25, 0.3) is 0 Å². The first kappa shape index (κ1) is 17.2. The molecule has 0 N–H and O–H groups in total. The molecule has 2 rings (SSSR count). The minimum absolute atomic E-state index is 0.215. The Morgan fingerprint density at radius 1 is 1.22 bits per heavy atom. The zero-order valence-corrected chi connectivity index (χ0v) is 14.7. The number of benzene rings is 1. The number of carbonyl (C=O) groups excluding carboxylic acids is 1. The lowest BCUT2D eigenvalue weighted by molar-refractivity contribution is 0.0600. The number of thiol groups is 1. The van der Waals surface area contributed by atoms with E-state index < -0.39 is 16.9 Å². The largest absolute Gasteiger partial charge is 0.495 e. The molecule has 1 heterocycles. The Balaban J connectivity index is 2.58. The molecule has 0 aliphatic rings. The topological polar surface area (TPSA) is 85.8 Å². The van der Waals surface area contributed by atoms with Gasteiger partial charge in [-0.15, -0.1) is 0 Å². The molecule has 0 saturated heterocycles. The molecule has 9 heteroatoms. The number of hydrogen-bond acceptors (Lipinski definition) is 6. The molecular weight excluding hydrogens is 388 g/mol. The normalized spacial score (nSPS) is 10.4. The zero-order valence-electron chi connectivity index (χ0n) is 12.2. The van der Waals surface area contributed by atoms with Gasteiger partial charge < -0.3 is 9.47 Å². The van der Waals surface area contributed by atoms with E-state index in [-0.39, 0.29) is 17.0 Å². The average molecular weight is 401 g/mol. The summed E-state index contributed by atoms with van der Waals surface area (Å²) in [4.78, 5) is 15.5. The highest BCUT2D eigenvalue weighted by Crippen LogP contribution is 2.35. The van der Waals surface area contributed by atoms with Crippen molar-refractivity contribution in [3.8, 4) is 5.75 Å². The van der Waals surface area contributed by atoms with Crippen LogP contribution in [-0.4, -0.2) is 33.6 Å². The van der Waals surface area contributed by atoms with Crippen LogP contribution in [0.4, 0.5) is 11.4 Å². The van der Waals surface area contributed by atoms with Crippen LogP contribution in [0, 0.1) is 0 Å². The lowest BCUT2D eigenvalue weighted by Gasteiger charge is -2.20. The first-order valence-corrected chi connectivity index (χ1v) is 8.21. The molecule has 2 aromatic rings. The maximum Gasteiger partial charge on any atom is 0.337 e. The Labute approximate surface area is 143 Å². The highest BCUT2D eigenvalue weighted by atomic mass is 79.9. The van der Waals surface area contributed by atoms with E-state index in [1.54, 1.807) is 6.07 Å². The number of rotatable bonds is 5. The van der Waals surface area contributed by atoms with Gasteiger partial charge in [0.2, 0.25) is 10.9 Å². The third kappa shape index (κ3) is 3.80. The summed E-state index contributed by atoms with van der Waals surface area (Å²) in [7, 11) is -0.358. The van der Waals surface area contributed by atoms with E-state index in [0.717, 1.165) is 4.31 Å². The molecule has 0 bridgehead atoms. The first-order valence-electron chi connectivity index (χ1n) is 6.29. The molecule has 0 spiro atoms. The highest BCUT2D eigenvalue weighted by molar-refractivity contribution is 9.10. The molecule has 23 heavy (non-hydrogen) atoms. The molecule has 1 aromatic carbocycles. The molecule has 0 saturated carbocycles. The van der Waals surface area contributed by atoms with E-state index in [0.29, 0.717) is 10.2 Å². The second kappa shape index (κ2) is 7.42. The standard InChI is InChI=1S/C14H13BrN2O5S/c1-21-13-5-9(14(18)22-2)3-4-12(13)17(23(19)20)11-6-10(15)7-16-8-11/h3-8,23H,1-2H3. The van der Waals surface area contributed by atoms with Gasteiger partial charge in [-0.05, 0) is 40.2 Å². The van der Waals surface area contributed by atoms with Crippen molar-refractivity contribution in [3.05, 3.63) is 46.7 Å². The summed E-state index contributed by atoms with van der Waals surface area (Å²) >= 11 is 3.25. The summed E-state index contributed by atoms with van der Waals surface area (Å²) in [6.45, 7) is 0. The lowest BCUT2D eigenvalue weighted by atomic mass is 10.2. The summed E-state index contributed by atoms with van der Waals surface area (Å²) < 4.78 is 35.0. The predicted molar refractivity (Wildman–Crippen MR) is 88.7 cm³/mol. The van der Waals surface area contributed by atoms with Crippen LogP contribution in [0.5, 0.6) is 5.75 Å². The number of carbonyl (C=O) groups is 1. The minimum Gasteiger partial charge on any atom is -0.495 e. The minimum atomic E-state index is -3.00. The summed E-state index contributed by atoms with van der Waals surface area (Å²) in [5.41, 5.74) is 0.845. The van der Waals surface area contributed by atoms with Crippen molar-refractivity contribution in [3.63, 3.8) is 0 Å². The Bertz CT molecular complexity index is 802. The van der Waals surface area contributed by atoms with Crippen LogP contribution in [0.3, 0.4) is 0 Å². The van der Waals surface area contributed by atoms with Gasteiger partial charge in [0.05, 0.1) is 37.4 Å². The van der Waals surface area contributed by atoms with E-state index in [1.165, 1.54) is 44.8 Å². The van der Waals surface area contributed by atoms with Crippen LogP contribution in [0.2, 0.25) is 0 Å². The summed E-state index contributed by atoms with van der Waals surface area (Å²) in [5.74, 6) is -0.330. The van der Waals surface area contributed by atoms with E-state index in [1.807, 2.05) is 0 Å². The predicted octanol–water partition coefficient (Wildman–Crippen LogP) is 2.30. The SMILES string of the molecule is COC(=O)c1ccc(N(c2cncc(Br)c2)[SH](=O)=O)c(OC)c1. The fraction of sp³-hybridized carbons (Fsp3) is 0.143. The van der Waals surface area contributed by atoms with E-state index in [9.17, 15) is 13.2 Å². The molecule has 0 unspecified atom stereocenters. The Morgan fingerprint density at radius 2 is 1.96 bits per heavy atom. The third-order valence-electron chi connectivity index (χ3n) is 2.93. The molecule has 122 valence electrons. The first-order chi connectivity index (χ1) is 11.0. The summed E-state index contributed by atoms with van der Waals surface area (Å²) in [6, 6.07) is 5.95. The summed E-state index contributed by atoms with van der Waals surface area (Å²) in [5, 5.41) is 0. The van der Waals surface area contributed by atoms with Gasteiger partial charge in [-0.3, -0.25) is 4.98 Å². The number of esters is 1. The Kier molecular flexibility index (Phi) is 5.56. The quantitative estimate of drug-likeness (QED) is 0.612. The third-order valence-corrected chi connectivity index (χ3v) is 4.13. The number of aromatic nitrogens is 1. The summed E-state index contributed by atoms with van der Waals surface area (Å²) in [6.07, 6.45) is 2.95. The van der Waals surface area contributed by atoms with Crippen molar-refractivity contribution in [2.24, 2.45) is 0 Å². The number of nitrogens with zero attached hydrogens (tertiary/aromatic N) is 2. The number of ether oxygens (including phenoxy) is 2. The van der Waals surface area contributed by atoms with Crippen LogP contribution in [0.15, 0.2) is 41.1 Å². The molecule has 0 fully saturated rings. The van der Waals surface area contributed by atoms with Gasteiger partial charge in [0.1, 0.15) is 5.75 Å². The second-order valence-corrected chi connectivity index (χ2v) is 6.08. The number of anilines is 2. The van der Waals surface area contributed by atoms with Crippen molar-refractivity contribution in [2.75, 3.05) is 18.5 Å². The van der Waals surface area contributed by atoms with Gasteiger partial charge in [-0.25, -0.2) is 17.5 Å². The van der Waals surface area contributed by atoms with Gasteiger partial charge in [0.15, 0.2) is 0 Å². The monoisotopic (exact) mass is 400 g/mol. The molecule has 1 aromatic heterocycles. The average Bonchev–Trinajstić information content (AvgIpc) is 2.54. The number of halogens is 1. The number of pyridine rings is 1. The molecule has 0 aliphatic carbocycles. The van der Waals surface area contributed by atoms with Crippen molar-refractivity contribution in [1.29, 1.82) is 0 Å². The van der Waals surface area contributed by atoms with Crippen molar-refractivity contribution in [2.45, 2.75) is 0 Å². The van der Waals surface area contributed by atoms with E-state index in [2.05, 4.69) is 25.7 Å². The number of methoxy groups -OCH3 is 2. The zero-order chi connectivity index (χ0) is 17.0.